The van der Waals surface area contributed by atoms with Gasteiger partial charge in [-0.15, -0.1) is 0 Å². The van der Waals surface area contributed by atoms with Crippen LogP contribution in [0.2, 0.25) is 0 Å². The summed E-state index contributed by atoms with van der Waals surface area (Å²) < 4.78 is 0. The summed E-state index contributed by atoms with van der Waals surface area (Å²) in [4.78, 5) is 11.7. The summed E-state index contributed by atoms with van der Waals surface area (Å²) in [5.41, 5.74) is 6.75. The molecule has 0 radical (unpaired) electrons. The van der Waals surface area contributed by atoms with E-state index >= 15 is 0 Å². The molecule has 1 aromatic heterocycles. The van der Waals surface area contributed by atoms with Gasteiger partial charge in [0, 0.05) is 6.54 Å². The maximum atomic E-state index is 11.7. The molecule has 0 saturated carbocycles. The first kappa shape index (κ1) is 12.2. The van der Waals surface area contributed by atoms with E-state index in [-0.39, 0.29) is 11.3 Å². The molecule has 1 aromatic rings. The van der Waals surface area contributed by atoms with Gasteiger partial charge in [0.25, 0.3) is 0 Å². The van der Waals surface area contributed by atoms with Crippen LogP contribution in [0.25, 0.3) is 0 Å². The third-order valence-corrected chi connectivity index (χ3v) is 2.99. The van der Waals surface area contributed by atoms with Gasteiger partial charge in [-0.05, 0) is 27.8 Å². The van der Waals surface area contributed by atoms with Crippen molar-refractivity contribution >= 4 is 17.2 Å². The molecule has 0 fully saturated rings. The predicted octanol–water partition coefficient (Wildman–Crippen LogP) is 1.74. The lowest BCUT2D eigenvalue weighted by molar-refractivity contribution is -0.124. The van der Waals surface area contributed by atoms with Crippen LogP contribution in [0.15, 0.2) is 16.8 Å². The second kappa shape index (κ2) is 4.77. The third kappa shape index (κ3) is 3.64. The van der Waals surface area contributed by atoms with Crippen molar-refractivity contribution in [2.45, 2.75) is 33.4 Å². The summed E-state index contributed by atoms with van der Waals surface area (Å²) >= 11 is 1.62. The Hall–Kier alpha value is -0.870. The molecule has 15 heavy (non-hydrogen) atoms. The summed E-state index contributed by atoms with van der Waals surface area (Å²) in [6.45, 7) is 6.44. The van der Waals surface area contributed by atoms with E-state index in [1.54, 1.807) is 11.3 Å². The highest BCUT2D eigenvalue weighted by molar-refractivity contribution is 7.07. The second-order valence-electron chi connectivity index (χ2n) is 4.69. The lowest BCUT2D eigenvalue weighted by atomic mass is 9.87. The first-order valence-electron chi connectivity index (χ1n) is 4.95. The largest absolute Gasteiger partial charge is 0.351 e. The number of carbonyl (C=O) groups is 1. The van der Waals surface area contributed by atoms with E-state index in [9.17, 15) is 4.79 Å². The van der Waals surface area contributed by atoms with E-state index in [2.05, 4.69) is 5.32 Å². The van der Waals surface area contributed by atoms with Gasteiger partial charge in [0.1, 0.15) is 0 Å². The number of nitrogens with two attached hydrogens (primary N) is 1. The highest BCUT2D eigenvalue weighted by Gasteiger charge is 2.26. The SMILES string of the molecule is CC(C)(C)[C@@H](N)C(=O)NCc1ccsc1. The fourth-order valence-electron chi connectivity index (χ4n) is 1.09. The van der Waals surface area contributed by atoms with Crippen LogP contribution in [-0.4, -0.2) is 11.9 Å². The standard InChI is InChI=1S/C11H18N2OS/c1-11(2,3)9(12)10(14)13-6-8-4-5-15-7-8/h4-5,7,9H,6,12H2,1-3H3,(H,13,14)/t9-/m0/s1. The average Bonchev–Trinajstić information content (AvgIpc) is 2.63. The number of amides is 1. The molecule has 1 amide bonds. The van der Waals surface area contributed by atoms with Crippen LogP contribution in [0.1, 0.15) is 26.3 Å². The minimum absolute atomic E-state index is 0.0892. The van der Waals surface area contributed by atoms with Gasteiger partial charge < -0.3 is 11.1 Å². The van der Waals surface area contributed by atoms with E-state index < -0.39 is 6.04 Å². The molecule has 0 aliphatic heterocycles. The highest BCUT2D eigenvalue weighted by Crippen LogP contribution is 2.17. The van der Waals surface area contributed by atoms with Gasteiger partial charge in [-0.3, -0.25) is 4.79 Å². The van der Waals surface area contributed by atoms with Crippen molar-refractivity contribution in [2.75, 3.05) is 0 Å². The molecule has 84 valence electrons. The maximum absolute atomic E-state index is 11.7. The van der Waals surface area contributed by atoms with Gasteiger partial charge in [0.05, 0.1) is 6.04 Å². The molecule has 0 saturated heterocycles. The molecule has 1 rings (SSSR count). The molecular formula is C11H18N2OS. The van der Waals surface area contributed by atoms with Crippen molar-refractivity contribution in [1.82, 2.24) is 5.32 Å². The molecule has 0 unspecified atom stereocenters. The van der Waals surface area contributed by atoms with Crippen LogP contribution in [0.3, 0.4) is 0 Å². The van der Waals surface area contributed by atoms with Crippen LogP contribution < -0.4 is 11.1 Å². The van der Waals surface area contributed by atoms with Crippen molar-refractivity contribution in [3.8, 4) is 0 Å². The summed E-state index contributed by atoms with van der Waals surface area (Å²) in [7, 11) is 0. The molecular weight excluding hydrogens is 208 g/mol. The van der Waals surface area contributed by atoms with Crippen LogP contribution in [-0.2, 0) is 11.3 Å². The Kier molecular flexibility index (Phi) is 3.88. The van der Waals surface area contributed by atoms with Crippen LogP contribution >= 0.6 is 11.3 Å². The molecule has 1 heterocycles. The zero-order valence-corrected chi connectivity index (χ0v) is 10.2. The minimum atomic E-state index is -0.462. The number of nitrogens with one attached hydrogen (secondary N) is 1. The van der Waals surface area contributed by atoms with Gasteiger partial charge in [-0.1, -0.05) is 20.8 Å². The van der Waals surface area contributed by atoms with Gasteiger partial charge >= 0.3 is 0 Å². The maximum Gasteiger partial charge on any atom is 0.237 e. The minimum Gasteiger partial charge on any atom is -0.351 e. The predicted molar refractivity (Wildman–Crippen MR) is 63.6 cm³/mol. The molecule has 0 spiro atoms. The van der Waals surface area contributed by atoms with Crippen LogP contribution in [0.4, 0.5) is 0 Å². The first-order chi connectivity index (χ1) is 6.91. The molecule has 3 nitrogen and oxygen atoms in total. The molecule has 3 N–H and O–H groups in total. The number of hydrogen-bond acceptors (Lipinski definition) is 3. The van der Waals surface area contributed by atoms with Gasteiger partial charge in [-0.25, -0.2) is 0 Å². The second-order valence-corrected chi connectivity index (χ2v) is 5.47. The van der Waals surface area contributed by atoms with Gasteiger partial charge in [0.2, 0.25) is 5.91 Å². The smallest absolute Gasteiger partial charge is 0.237 e. The average molecular weight is 226 g/mol. The van der Waals surface area contributed by atoms with E-state index in [4.69, 9.17) is 5.73 Å². The molecule has 0 aromatic carbocycles. The number of rotatable bonds is 3. The van der Waals surface area contributed by atoms with Crippen molar-refractivity contribution in [2.24, 2.45) is 11.1 Å². The molecule has 4 heteroatoms. The van der Waals surface area contributed by atoms with Gasteiger partial charge in [-0.2, -0.15) is 11.3 Å². The Morgan fingerprint density at radius 1 is 1.60 bits per heavy atom. The van der Waals surface area contributed by atoms with Crippen molar-refractivity contribution in [3.05, 3.63) is 22.4 Å². The molecule has 1 atom stereocenters. The van der Waals surface area contributed by atoms with Crippen molar-refractivity contribution < 1.29 is 4.79 Å². The fourth-order valence-corrected chi connectivity index (χ4v) is 1.75. The summed E-state index contributed by atoms with van der Waals surface area (Å²) in [6, 6.07) is 1.53. The van der Waals surface area contributed by atoms with Crippen molar-refractivity contribution in [1.29, 1.82) is 0 Å². The lowest BCUT2D eigenvalue weighted by Gasteiger charge is -2.25. The summed E-state index contributed by atoms with van der Waals surface area (Å²) in [5.74, 6) is -0.0892. The Labute approximate surface area is 94.7 Å². The topological polar surface area (TPSA) is 55.1 Å². The highest BCUT2D eigenvalue weighted by atomic mass is 32.1. The summed E-state index contributed by atoms with van der Waals surface area (Å²) in [6.07, 6.45) is 0. The Balaban J connectivity index is 2.43. The van der Waals surface area contributed by atoms with Crippen molar-refractivity contribution in [3.63, 3.8) is 0 Å². The van der Waals surface area contributed by atoms with E-state index in [1.807, 2.05) is 37.6 Å². The first-order valence-corrected chi connectivity index (χ1v) is 5.90. The molecule has 0 aliphatic carbocycles. The van der Waals surface area contributed by atoms with Crippen LogP contribution in [0.5, 0.6) is 0 Å². The quantitative estimate of drug-likeness (QED) is 0.825. The summed E-state index contributed by atoms with van der Waals surface area (Å²) in [5, 5.41) is 6.84. The zero-order valence-electron chi connectivity index (χ0n) is 9.41. The number of thiophene rings is 1. The Morgan fingerprint density at radius 3 is 2.73 bits per heavy atom. The van der Waals surface area contributed by atoms with E-state index in [0.29, 0.717) is 6.54 Å². The van der Waals surface area contributed by atoms with E-state index in [0.717, 1.165) is 5.56 Å². The number of carbonyl (C=O) groups excluding carboxylic acids is 1. The zero-order chi connectivity index (χ0) is 11.5. The van der Waals surface area contributed by atoms with Gasteiger partial charge in [0.15, 0.2) is 0 Å². The van der Waals surface area contributed by atoms with E-state index in [1.165, 1.54) is 0 Å². The lowest BCUT2D eigenvalue weighted by Crippen LogP contribution is -2.48. The fraction of sp³-hybridized carbons (Fsp3) is 0.545. The monoisotopic (exact) mass is 226 g/mol. The Bertz CT molecular complexity index is 314. The number of hydrogen-bond donors (Lipinski definition) is 2. The third-order valence-electron chi connectivity index (χ3n) is 2.26. The molecule has 0 aliphatic rings. The van der Waals surface area contributed by atoms with Crippen LogP contribution in [0, 0.1) is 5.41 Å². The Morgan fingerprint density at radius 2 is 2.27 bits per heavy atom. The normalized spacial score (nSPS) is 13.6. The molecule has 0 bridgehead atoms.